The summed E-state index contributed by atoms with van der Waals surface area (Å²) in [5.41, 5.74) is 11.9. The van der Waals surface area contributed by atoms with Crippen molar-refractivity contribution in [2.75, 3.05) is 17.2 Å². The van der Waals surface area contributed by atoms with Crippen LogP contribution >= 0.6 is 0 Å². The fraction of sp³-hybridized carbons (Fsp3) is 0.467. The zero-order valence-corrected chi connectivity index (χ0v) is 12.6. The second kappa shape index (κ2) is 8.26. The molecule has 0 aliphatic carbocycles. The summed E-state index contributed by atoms with van der Waals surface area (Å²) in [7, 11) is 0. The topological polar surface area (TPSA) is 110 Å². The van der Waals surface area contributed by atoms with E-state index in [-0.39, 0.29) is 11.8 Å². The van der Waals surface area contributed by atoms with Gasteiger partial charge in [-0.3, -0.25) is 4.79 Å². The molecule has 6 nitrogen and oxygen atoms in total. The van der Waals surface area contributed by atoms with E-state index in [0.717, 1.165) is 6.42 Å². The average Bonchev–Trinajstić information content (AvgIpc) is 2.36. The molecule has 1 aromatic rings. The number of hydrogen-bond donors (Lipinski definition) is 4. The van der Waals surface area contributed by atoms with Crippen LogP contribution in [-0.2, 0) is 4.79 Å². The van der Waals surface area contributed by atoms with Gasteiger partial charge in [-0.1, -0.05) is 19.9 Å². The largest absolute Gasteiger partial charge is 0.351 e. The molecule has 6 heteroatoms. The highest BCUT2D eigenvalue weighted by Crippen LogP contribution is 2.18. The van der Waals surface area contributed by atoms with Crippen LogP contribution in [0.25, 0.3) is 0 Å². The number of carbonyl (C=O) groups is 2. The number of anilines is 2. The van der Waals surface area contributed by atoms with Gasteiger partial charge in [0.15, 0.2) is 0 Å². The summed E-state index contributed by atoms with van der Waals surface area (Å²) in [5, 5.41) is 5.27. The molecule has 116 valence electrons. The molecule has 0 heterocycles. The summed E-state index contributed by atoms with van der Waals surface area (Å²) in [5.74, 6) is 0.605. The van der Waals surface area contributed by atoms with Crippen molar-refractivity contribution in [1.82, 2.24) is 0 Å². The highest BCUT2D eigenvalue weighted by molar-refractivity contribution is 5.93. The molecule has 0 radical (unpaired) electrons. The molecule has 0 aliphatic rings. The molecule has 0 fully saturated rings. The number of primary amides is 1. The predicted octanol–water partition coefficient (Wildman–Crippen LogP) is 2.13. The summed E-state index contributed by atoms with van der Waals surface area (Å²) in [6.45, 7) is 4.72. The van der Waals surface area contributed by atoms with E-state index in [1.54, 1.807) is 24.3 Å². The normalized spacial score (nSPS) is 12.0. The van der Waals surface area contributed by atoms with E-state index in [0.29, 0.717) is 30.3 Å². The quantitative estimate of drug-likeness (QED) is 0.617. The van der Waals surface area contributed by atoms with E-state index < -0.39 is 6.03 Å². The third-order valence-corrected chi connectivity index (χ3v) is 3.03. The van der Waals surface area contributed by atoms with Crippen LogP contribution in [0.5, 0.6) is 0 Å². The van der Waals surface area contributed by atoms with Crippen molar-refractivity contribution >= 4 is 23.3 Å². The minimum atomic E-state index is -0.640. The second-order valence-electron chi connectivity index (χ2n) is 5.55. The van der Waals surface area contributed by atoms with Crippen LogP contribution in [0.1, 0.15) is 26.7 Å². The molecule has 1 unspecified atom stereocenters. The van der Waals surface area contributed by atoms with Gasteiger partial charge in [0.25, 0.3) is 0 Å². The summed E-state index contributed by atoms with van der Waals surface area (Å²) in [4.78, 5) is 22.8. The Labute approximate surface area is 125 Å². The van der Waals surface area contributed by atoms with Crippen molar-refractivity contribution < 1.29 is 9.59 Å². The molecule has 1 rings (SSSR count). The lowest BCUT2D eigenvalue weighted by Gasteiger charge is -2.16. The monoisotopic (exact) mass is 292 g/mol. The first kappa shape index (κ1) is 17.0. The molecule has 0 saturated carbocycles. The number of amides is 3. The van der Waals surface area contributed by atoms with Gasteiger partial charge in [-0.05, 0) is 43.0 Å². The molecule has 6 N–H and O–H groups in total. The molecule has 0 aromatic heterocycles. The number of nitrogens with one attached hydrogen (secondary N) is 2. The Bertz CT molecular complexity index is 488. The first-order valence-electron chi connectivity index (χ1n) is 7.07. The zero-order valence-electron chi connectivity index (χ0n) is 12.6. The van der Waals surface area contributed by atoms with Crippen molar-refractivity contribution in [3.05, 3.63) is 24.3 Å². The van der Waals surface area contributed by atoms with E-state index in [9.17, 15) is 9.59 Å². The van der Waals surface area contributed by atoms with Crippen LogP contribution in [-0.4, -0.2) is 18.5 Å². The lowest BCUT2D eigenvalue weighted by atomic mass is 9.94. The predicted molar refractivity (Wildman–Crippen MR) is 84.9 cm³/mol. The molecule has 1 atom stereocenters. The van der Waals surface area contributed by atoms with Gasteiger partial charge < -0.3 is 22.1 Å². The van der Waals surface area contributed by atoms with E-state index in [4.69, 9.17) is 11.5 Å². The summed E-state index contributed by atoms with van der Waals surface area (Å²) in [6.07, 6.45) is 1.31. The maximum atomic E-state index is 12.0. The first-order chi connectivity index (χ1) is 9.90. The van der Waals surface area contributed by atoms with E-state index in [1.165, 1.54) is 0 Å². The van der Waals surface area contributed by atoms with Crippen molar-refractivity contribution in [3.8, 4) is 0 Å². The van der Waals surface area contributed by atoms with Crippen LogP contribution in [0, 0.1) is 11.8 Å². The van der Waals surface area contributed by atoms with Gasteiger partial charge >= 0.3 is 6.03 Å². The van der Waals surface area contributed by atoms with Crippen LogP contribution in [0.3, 0.4) is 0 Å². The standard InChI is InChI=1S/C15H24N4O2/c1-10(2)6-11(9-16)7-14(20)18-12-4-3-5-13(8-12)19-15(17)21/h3-5,8,10-11H,6-7,9,16H2,1-2H3,(H,18,20)(H3,17,19,21). The Morgan fingerprint density at radius 3 is 2.33 bits per heavy atom. The van der Waals surface area contributed by atoms with Crippen LogP contribution in [0.4, 0.5) is 16.2 Å². The fourth-order valence-electron chi connectivity index (χ4n) is 2.22. The van der Waals surface area contributed by atoms with E-state index in [2.05, 4.69) is 24.5 Å². The third kappa shape index (κ3) is 6.76. The number of carbonyl (C=O) groups excluding carboxylic acids is 2. The van der Waals surface area contributed by atoms with Gasteiger partial charge in [0.1, 0.15) is 0 Å². The van der Waals surface area contributed by atoms with Crippen molar-refractivity contribution in [3.63, 3.8) is 0 Å². The summed E-state index contributed by atoms with van der Waals surface area (Å²) >= 11 is 0. The molecule has 21 heavy (non-hydrogen) atoms. The molecule has 3 amide bonds. The average molecular weight is 292 g/mol. The van der Waals surface area contributed by atoms with Crippen molar-refractivity contribution in [2.45, 2.75) is 26.7 Å². The van der Waals surface area contributed by atoms with Crippen molar-refractivity contribution in [2.24, 2.45) is 23.3 Å². The Kier molecular flexibility index (Phi) is 6.68. The fourth-order valence-corrected chi connectivity index (χ4v) is 2.22. The Hall–Kier alpha value is -2.08. The molecular weight excluding hydrogens is 268 g/mol. The Morgan fingerprint density at radius 2 is 1.81 bits per heavy atom. The summed E-state index contributed by atoms with van der Waals surface area (Å²) in [6, 6.07) is 6.20. The SMILES string of the molecule is CC(C)CC(CN)CC(=O)Nc1cccc(NC(N)=O)c1. The minimum absolute atomic E-state index is 0.0812. The number of hydrogen-bond acceptors (Lipinski definition) is 3. The lowest BCUT2D eigenvalue weighted by Crippen LogP contribution is -2.23. The van der Waals surface area contributed by atoms with Crippen molar-refractivity contribution in [1.29, 1.82) is 0 Å². The maximum Gasteiger partial charge on any atom is 0.316 e. The van der Waals surface area contributed by atoms with E-state index in [1.807, 2.05) is 0 Å². The number of nitrogens with two attached hydrogens (primary N) is 2. The smallest absolute Gasteiger partial charge is 0.316 e. The Balaban J connectivity index is 2.59. The molecule has 0 bridgehead atoms. The van der Waals surface area contributed by atoms with Crippen LogP contribution in [0.15, 0.2) is 24.3 Å². The number of rotatable bonds is 7. The highest BCUT2D eigenvalue weighted by Gasteiger charge is 2.14. The Morgan fingerprint density at radius 1 is 1.19 bits per heavy atom. The zero-order chi connectivity index (χ0) is 15.8. The molecule has 0 aliphatic heterocycles. The minimum Gasteiger partial charge on any atom is -0.351 e. The second-order valence-corrected chi connectivity index (χ2v) is 5.55. The maximum absolute atomic E-state index is 12.0. The number of benzene rings is 1. The summed E-state index contributed by atoms with van der Waals surface area (Å²) < 4.78 is 0. The van der Waals surface area contributed by atoms with Gasteiger partial charge in [-0.15, -0.1) is 0 Å². The first-order valence-corrected chi connectivity index (χ1v) is 7.07. The van der Waals surface area contributed by atoms with Gasteiger partial charge in [0.2, 0.25) is 5.91 Å². The highest BCUT2D eigenvalue weighted by atomic mass is 16.2. The molecule has 0 saturated heterocycles. The number of urea groups is 1. The van der Waals surface area contributed by atoms with E-state index >= 15 is 0 Å². The van der Waals surface area contributed by atoms with Gasteiger partial charge in [0, 0.05) is 17.8 Å². The molecular formula is C15H24N4O2. The van der Waals surface area contributed by atoms with Gasteiger partial charge in [-0.2, -0.15) is 0 Å². The van der Waals surface area contributed by atoms with Gasteiger partial charge in [0.05, 0.1) is 0 Å². The van der Waals surface area contributed by atoms with Crippen LogP contribution in [0.2, 0.25) is 0 Å². The van der Waals surface area contributed by atoms with Crippen LogP contribution < -0.4 is 22.1 Å². The lowest BCUT2D eigenvalue weighted by molar-refractivity contribution is -0.117. The van der Waals surface area contributed by atoms with Gasteiger partial charge in [-0.25, -0.2) is 4.79 Å². The third-order valence-electron chi connectivity index (χ3n) is 3.03. The molecule has 1 aromatic carbocycles. The molecule has 0 spiro atoms.